The molecule has 0 radical (unpaired) electrons. The number of alkyl halides is 3. The lowest BCUT2D eigenvalue weighted by Crippen LogP contribution is -2.11. The minimum atomic E-state index is -4.68. The van der Waals surface area contributed by atoms with Crippen LogP contribution in [0.5, 0.6) is 11.6 Å². The van der Waals surface area contributed by atoms with Crippen molar-refractivity contribution in [2.75, 3.05) is 13.2 Å². The second kappa shape index (κ2) is 7.83. The van der Waals surface area contributed by atoms with Gasteiger partial charge in [-0.2, -0.15) is 23.3 Å². The van der Waals surface area contributed by atoms with E-state index in [2.05, 4.69) is 24.9 Å². The summed E-state index contributed by atoms with van der Waals surface area (Å²) in [6, 6.07) is 6.78. The molecule has 7 nitrogen and oxygen atoms in total. The van der Waals surface area contributed by atoms with Crippen LogP contribution >= 0.6 is 0 Å². The number of halogens is 3. The third-order valence-corrected chi connectivity index (χ3v) is 3.74. The van der Waals surface area contributed by atoms with Crippen molar-refractivity contribution in [2.45, 2.75) is 26.9 Å². The first-order chi connectivity index (χ1) is 13.2. The predicted molar refractivity (Wildman–Crippen MR) is 92.0 cm³/mol. The molecule has 1 aromatic carbocycles. The van der Waals surface area contributed by atoms with Crippen LogP contribution in [0.25, 0.3) is 11.4 Å². The number of benzene rings is 1. The summed E-state index contributed by atoms with van der Waals surface area (Å²) in [6.07, 6.45) is -4.68. The van der Waals surface area contributed by atoms with Crippen LogP contribution in [0.15, 0.2) is 28.8 Å². The fourth-order valence-electron chi connectivity index (χ4n) is 2.52. The smallest absolute Gasteiger partial charge is 0.471 e. The van der Waals surface area contributed by atoms with Gasteiger partial charge in [-0.25, -0.2) is 0 Å². The van der Waals surface area contributed by atoms with Crippen molar-refractivity contribution in [1.29, 1.82) is 0 Å². The van der Waals surface area contributed by atoms with E-state index in [1.165, 1.54) is 0 Å². The van der Waals surface area contributed by atoms with E-state index in [-0.39, 0.29) is 19.0 Å². The third-order valence-electron chi connectivity index (χ3n) is 3.74. The van der Waals surface area contributed by atoms with E-state index in [9.17, 15) is 13.2 Å². The van der Waals surface area contributed by atoms with Crippen LogP contribution in [-0.4, -0.2) is 33.6 Å². The molecule has 2 aromatic heterocycles. The Morgan fingerprint density at radius 3 is 2.21 bits per heavy atom. The zero-order chi connectivity index (χ0) is 20.3. The summed E-state index contributed by atoms with van der Waals surface area (Å²) >= 11 is 0. The van der Waals surface area contributed by atoms with Crippen molar-refractivity contribution in [3.8, 4) is 23.0 Å². The zero-order valence-corrected chi connectivity index (χ0v) is 15.4. The highest BCUT2D eigenvalue weighted by atomic mass is 19.4. The van der Waals surface area contributed by atoms with Gasteiger partial charge in [-0.05, 0) is 50.1 Å². The molecule has 0 atom stereocenters. The van der Waals surface area contributed by atoms with E-state index >= 15 is 0 Å². The number of ether oxygens (including phenoxy) is 2. The monoisotopic (exact) mass is 394 g/mol. The molecule has 0 N–H and O–H groups in total. The van der Waals surface area contributed by atoms with E-state index < -0.39 is 12.1 Å². The van der Waals surface area contributed by atoms with E-state index in [0.29, 0.717) is 17.2 Å². The molecule has 2 heterocycles. The fraction of sp³-hybridized carbons (Fsp3) is 0.333. The van der Waals surface area contributed by atoms with Crippen LogP contribution in [0.4, 0.5) is 13.2 Å². The lowest BCUT2D eigenvalue weighted by molar-refractivity contribution is -0.159. The SMILES string of the molecule is Cc1ccc(OCCOc2c(C)cc(-c3noc(C(F)(F)F)n3)cc2C)nn1. The largest absolute Gasteiger partial charge is 0.489 e. The number of rotatable bonds is 6. The highest BCUT2D eigenvalue weighted by Crippen LogP contribution is 2.32. The van der Waals surface area contributed by atoms with Crippen LogP contribution < -0.4 is 9.47 Å². The molecule has 3 aromatic rings. The van der Waals surface area contributed by atoms with Gasteiger partial charge in [0.1, 0.15) is 19.0 Å². The van der Waals surface area contributed by atoms with E-state index in [1.807, 2.05) is 6.92 Å². The Hall–Kier alpha value is -3.17. The molecule has 28 heavy (non-hydrogen) atoms. The molecule has 0 aliphatic rings. The standard InChI is InChI=1S/C18H17F3N4O3/c1-10-8-13(16-22-17(28-25-16)18(19,20)21)9-11(2)15(10)27-7-6-26-14-5-4-12(3)23-24-14/h4-5,8-9H,6-7H2,1-3H3. The van der Waals surface area contributed by atoms with Crippen molar-refractivity contribution in [3.05, 3.63) is 47.0 Å². The number of aryl methyl sites for hydroxylation is 3. The first kappa shape index (κ1) is 19.6. The molecule has 10 heteroatoms. The second-order valence-electron chi connectivity index (χ2n) is 6.07. The van der Waals surface area contributed by atoms with Gasteiger partial charge in [0, 0.05) is 11.6 Å². The maximum absolute atomic E-state index is 12.6. The maximum Gasteiger partial charge on any atom is 0.471 e. The van der Waals surface area contributed by atoms with Crippen LogP contribution in [0.3, 0.4) is 0 Å². The van der Waals surface area contributed by atoms with E-state index in [4.69, 9.17) is 9.47 Å². The number of hydrogen-bond acceptors (Lipinski definition) is 7. The summed E-state index contributed by atoms with van der Waals surface area (Å²) in [5.74, 6) is -0.502. The minimum Gasteiger partial charge on any atom is -0.489 e. The molecule has 0 fully saturated rings. The fourth-order valence-corrected chi connectivity index (χ4v) is 2.52. The molecular formula is C18H17F3N4O3. The Labute approximate surface area is 158 Å². The molecule has 0 spiro atoms. The Morgan fingerprint density at radius 2 is 1.64 bits per heavy atom. The molecule has 0 aliphatic heterocycles. The van der Waals surface area contributed by atoms with Gasteiger partial charge in [0.25, 0.3) is 0 Å². The Kier molecular flexibility index (Phi) is 5.48. The Bertz CT molecular complexity index is 932. The first-order valence-electron chi connectivity index (χ1n) is 8.32. The van der Waals surface area contributed by atoms with E-state index in [1.54, 1.807) is 38.1 Å². The molecule has 148 valence electrons. The lowest BCUT2D eigenvalue weighted by atomic mass is 10.1. The summed E-state index contributed by atoms with van der Waals surface area (Å²) in [7, 11) is 0. The summed E-state index contributed by atoms with van der Waals surface area (Å²) in [6.45, 7) is 5.91. The highest BCUT2D eigenvalue weighted by Gasteiger charge is 2.38. The van der Waals surface area contributed by atoms with Crippen molar-refractivity contribution < 1.29 is 27.2 Å². The average Bonchev–Trinajstić information content (AvgIpc) is 3.12. The van der Waals surface area contributed by atoms with Crippen molar-refractivity contribution in [3.63, 3.8) is 0 Å². The molecular weight excluding hydrogens is 377 g/mol. The van der Waals surface area contributed by atoms with Gasteiger partial charge >= 0.3 is 12.1 Å². The van der Waals surface area contributed by atoms with Gasteiger partial charge in [-0.15, -0.1) is 5.10 Å². The Morgan fingerprint density at radius 1 is 0.964 bits per heavy atom. The van der Waals surface area contributed by atoms with Crippen molar-refractivity contribution in [2.24, 2.45) is 0 Å². The van der Waals surface area contributed by atoms with Crippen LogP contribution in [0, 0.1) is 20.8 Å². The van der Waals surface area contributed by atoms with Gasteiger partial charge < -0.3 is 14.0 Å². The van der Waals surface area contributed by atoms with Crippen LogP contribution in [0.2, 0.25) is 0 Å². The Balaban J connectivity index is 1.65. The van der Waals surface area contributed by atoms with Crippen molar-refractivity contribution in [1.82, 2.24) is 20.3 Å². The van der Waals surface area contributed by atoms with Gasteiger partial charge in [0.15, 0.2) is 0 Å². The van der Waals surface area contributed by atoms with E-state index in [0.717, 1.165) is 16.8 Å². The first-order valence-corrected chi connectivity index (χ1v) is 8.32. The zero-order valence-electron chi connectivity index (χ0n) is 15.4. The topological polar surface area (TPSA) is 83.2 Å². The quantitative estimate of drug-likeness (QED) is 0.586. The third kappa shape index (κ3) is 4.56. The average molecular weight is 394 g/mol. The van der Waals surface area contributed by atoms with Crippen LogP contribution in [-0.2, 0) is 6.18 Å². The predicted octanol–water partition coefficient (Wildman–Crippen LogP) is 3.93. The summed E-state index contributed by atoms with van der Waals surface area (Å²) in [5.41, 5.74) is 2.65. The number of aromatic nitrogens is 4. The maximum atomic E-state index is 12.6. The van der Waals surface area contributed by atoms with Gasteiger partial charge in [-0.1, -0.05) is 5.16 Å². The molecule has 0 saturated carbocycles. The van der Waals surface area contributed by atoms with Crippen molar-refractivity contribution >= 4 is 0 Å². The molecule has 3 rings (SSSR count). The minimum absolute atomic E-state index is 0.133. The van der Waals surface area contributed by atoms with Gasteiger partial charge in [0.05, 0.1) is 5.69 Å². The molecule has 0 unspecified atom stereocenters. The van der Waals surface area contributed by atoms with Gasteiger partial charge in [-0.3, -0.25) is 0 Å². The highest BCUT2D eigenvalue weighted by molar-refractivity contribution is 5.61. The van der Waals surface area contributed by atoms with Gasteiger partial charge in [0.2, 0.25) is 11.7 Å². The number of nitrogens with zero attached hydrogens (tertiary/aromatic N) is 4. The number of hydrogen-bond donors (Lipinski definition) is 0. The molecule has 0 bridgehead atoms. The molecule has 0 aliphatic carbocycles. The lowest BCUT2D eigenvalue weighted by Gasteiger charge is -2.13. The van der Waals surface area contributed by atoms with Crippen LogP contribution in [0.1, 0.15) is 22.7 Å². The second-order valence-corrected chi connectivity index (χ2v) is 6.07. The normalized spacial score (nSPS) is 11.5. The molecule has 0 amide bonds. The summed E-state index contributed by atoms with van der Waals surface area (Å²) < 4.78 is 53.3. The summed E-state index contributed by atoms with van der Waals surface area (Å²) in [5, 5.41) is 11.2. The summed E-state index contributed by atoms with van der Waals surface area (Å²) in [4.78, 5) is 3.40. The molecule has 0 saturated heterocycles.